The van der Waals surface area contributed by atoms with Crippen LogP contribution in [0.15, 0.2) is 72.8 Å². The van der Waals surface area contributed by atoms with Gasteiger partial charge in [0, 0.05) is 0 Å². The third-order valence-corrected chi connectivity index (χ3v) is 5.78. The summed E-state index contributed by atoms with van der Waals surface area (Å²) >= 11 is 0. The zero-order valence-corrected chi connectivity index (χ0v) is 20.8. The highest BCUT2D eigenvalue weighted by molar-refractivity contribution is 5.31. The molecule has 0 saturated carbocycles. The maximum Gasteiger partial charge on any atom is 0.119 e. The van der Waals surface area contributed by atoms with E-state index in [9.17, 15) is 15.3 Å². The molecule has 0 aliphatic carbocycles. The van der Waals surface area contributed by atoms with Crippen molar-refractivity contribution in [1.29, 1.82) is 0 Å². The SMILES string of the molecule is CC(O)c1cccc(OCC(C)(COc2cccc(C(C)O)c2)COc2cccc(C(C)O)c2)c1. The van der Waals surface area contributed by atoms with Crippen molar-refractivity contribution in [3.8, 4) is 17.2 Å². The molecule has 0 spiro atoms. The van der Waals surface area contributed by atoms with Crippen LogP contribution in [0.2, 0.25) is 0 Å². The molecule has 0 amide bonds. The van der Waals surface area contributed by atoms with Crippen LogP contribution < -0.4 is 14.2 Å². The fourth-order valence-electron chi connectivity index (χ4n) is 3.49. The first-order chi connectivity index (χ1) is 16.6. The molecule has 0 aliphatic heterocycles. The van der Waals surface area contributed by atoms with E-state index in [1.165, 1.54) is 0 Å². The first-order valence-corrected chi connectivity index (χ1v) is 11.9. The van der Waals surface area contributed by atoms with Gasteiger partial charge >= 0.3 is 0 Å². The second-order valence-electron chi connectivity index (χ2n) is 9.42. The van der Waals surface area contributed by atoms with Crippen LogP contribution in [0.3, 0.4) is 0 Å². The third kappa shape index (κ3) is 7.99. The molecule has 0 aliphatic rings. The molecule has 3 aromatic rings. The van der Waals surface area contributed by atoms with Crippen LogP contribution in [0.4, 0.5) is 0 Å². The molecule has 3 rings (SSSR count). The van der Waals surface area contributed by atoms with Crippen molar-refractivity contribution in [2.75, 3.05) is 19.8 Å². The molecule has 3 aromatic carbocycles. The van der Waals surface area contributed by atoms with Crippen molar-refractivity contribution in [2.45, 2.75) is 46.0 Å². The van der Waals surface area contributed by atoms with Crippen molar-refractivity contribution in [3.05, 3.63) is 89.5 Å². The molecular formula is C29H36O6. The molecule has 6 heteroatoms. The second-order valence-corrected chi connectivity index (χ2v) is 9.42. The number of hydrogen-bond donors (Lipinski definition) is 3. The summed E-state index contributed by atoms with van der Waals surface area (Å²) in [6, 6.07) is 22.2. The lowest BCUT2D eigenvalue weighted by Gasteiger charge is -2.30. The predicted molar refractivity (Wildman–Crippen MR) is 136 cm³/mol. The van der Waals surface area contributed by atoms with Crippen molar-refractivity contribution >= 4 is 0 Å². The van der Waals surface area contributed by atoms with Crippen molar-refractivity contribution < 1.29 is 29.5 Å². The summed E-state index contributed by atoms with van der Waals surface area (Å²) in [6.07, 6.45) is -1.75. The Morgan fingerprint density at radius 2 is 0.857 bits per heavy atom. The number of rotatable bonds is 12. The third-order valence-electron chi connectivity index (χ3n) is 5.78. The molecule has 3 atom stereocenters. The Morgan fingerprint density at radius 1 is 0.571 bits per heavy atom. The van der Waals surface area contributed by atoms with Gasteiger partial charge in [0.25, 0.3) is 0 Å². The van der Waals surface area contributed by atoms with Gasteiger partial charge < -0.3 is 29.5 Å². The van der Waals surface area contributed by atoms with E-state index in [1.807, 2.05) is 79.7 Å². The fourth-order valence-corrected chi connectivity index (χ4v) is 3.49. The summed E-state index contributed by atoms with van der Waals surface area (Å²) in [4.78, 5) is 0. The maximum atomic E-state index is 9.89. The van der Waals surface area contributed by atoms with Gasteiger partial charge in [-0.05, 0) is 80.8 Å². The molecule has 0 bridgehead atoms. The molecule has 35 heavy (non-hydrogen) atoms. The minimum Gasteiger partial charge on any atom is -0.493 e. The second kappa shape index (κ2) is 12.1. The lowest BCUT2D eigenvalue weighted by molar-refractivity contribution is 0.0470. The van der Waals surface area contributed by atoms with Gasteiger partial charge in [-0.25, -0.2) is 0 Å². The number of aliphatic hydroxyl groups is 3. The Bertz CT molecular complexity index is 941. The average molecular weight is 481 g/mol. The van der Waals surface area contributed by atoms with E-state index < -0.39 is 23.7 Å². The van der Waals surface area contributed by atoms with E-state index in [-0.39, 0.29) is 0 Å². The Balaban J connectivity index is 1.75. The minimum absolute atomic E-state index is 0.308. The molecule has 3 N–H and O–H groups in total. The van der Waals surface area contributed by atoms with Gasteiger partial charge in [-0.3, -0.25) is 0 Å². The molecule has 0 heterocycles. The van der Waals surface area contributed by atoms with Crippen molar-refractivity contribution in [2.24, 2.45) is 5.41 Å². The Morgan fingerprint density at radius 3 is 1.11 bits per heavy atom. The highest BCUT2D eigenvalue weighted by Gasteiger charge is 2.29. The molecule has 188 valence electrons. The monoisotopic (exact) mass is 480 g/mol. The van der Waals surface area contributed by atoms with Crippen LogP contribution in [-0.2, 0) is 0 Å². The van der Waals surface area contributed by atoms with Crippen LogP contribution in [0.1, 0.15) is 62.7 Å². The highest BCUT2D eigenvalue weighted by atomic mass is 16.5. The largest absolute Gasteiger partial charge is 0.493 e. The Kier molecular flexibility index (Phi) is 9.15. The van der Waals surface area contributed by atoms with E-state index in [4.69, 9.17) is 14.2 Å². The van der Waals surface area contributed by atoms with E-state index in [2.05, 4.69) is 0 Å². The smallest absolute Gasteiger partial charge is 0.119 e. The first-order valence-electron chi connectivity index (χ1n) is 11.9. The Hall–Kier alpha value is -3.06. The lowest BCUT2D eigenvalue weighted by Crippen LogP contribution is -2.38. The van der Waals surface area contributed by atoms with Gasteiger partial charge in [0.1, 0.15) is 37.1 Å². The zero-order chi connectivity index (χ0) is 25.4. The van der Waals surface area contributed by atoms with E-state index in [1.54, 1.807) is 20.8 Å². The number of aliphatic hydroxyl groups excluding tert-OH is 3. The van der Waals surface area contributed by atoms with Crippen molar-refractivity contribution in [3.63, 3.8) is 0 Å². The quantitative estimate of drug-likeness (QED) is 0.322. The van der Waals surface area contributed by atoms with Gasteiger partial charge in [-0.15, -0.1) is 0 Å². The number of hydrogen-bond acceptors (Lipinski definition) is 6. The van der Waals surface area contributed by atoms with E-state index in [0.29, 0.717) is 37.1 Å². The van der Waals surface area contributed by atoms with E-state index in [0.717, 1.165) is 16.7 Å². The van der Waals surface area contributed by atoms with Crippen LogP contribution in [0, 0.1) is 5.41 Å². The Labute approximate surface area is 207 Å². The van der Waals surface area contributed by atoms with Gasteiger partial charge in [0.15, 0.2) is 0 Å². The molecule has 6 nitrogen and oxygen atoms in total. The summed E-state index contributed by atoms with van der Waals surface area (Å²) in [6.45, 7) is 8.09. The van der Waals surface area contributed by atoms with Crippen LogP contribution in [-0.4, -0.2) is 35.1 Å². The summed E-state index contributed by atoms with van der Waals surface area (Å²) in [5.74, 6) is 1.96. The molecule has 0 radical (unpaired) electrons. The van der Waals surface area contributed by atoms with Gasteiger partial charge in [0.05, 0.1) is 23.7 Å². The molecule has 0 saturated heterocycles. The molecular weight excluding hydrogens is 444 g/mol. The predicted octanol–water partition coefficient (Wildman–Crippen LogP) is 5.39. The zero-order valence-electron chi connectivity index (χ0n) is 20.8. The molecule has 0 aromatic heterocycles. The van der Waals surface area contributed by atoms with Crippen LogP contribution in [0.25, 0.3) is 0 Å². The van der Waals surface area contributed by atoms with E-state index >= 15 is 0 Å². The molecule has 3 unspecified atom stereocenters. The first kappa shape index (κ1) is 26.5. The van der Waals surface area contributed by atoms with Gasteiger partial charge in [-0.2, -0.15) is 0 Å². The van der Waals surface area contributed by atoms with Gasteiger partial charge in [-0.1, -0.05) is 36.4 Å². The van der Waals surface area contributed by atoms with Gasteiger partial charge in [0.2, 0.25) is 0 Å². The number of benzene rings is 3. The normalized spacial score (nSPS) is 15.5. The van der Waals surface area contributed by atoms with Crippen LogP contribution in [0.5, 0.6) is 17.2 Å². The summed E-state index contributed by atoms with van der Waals surface area (Å²) in [7, 11) is 0. The summed E-state index contributed by atoms with van der Waals surface area (Å²) in [5, 5.41) is 29.7. The van der Waals surface area contributed by atoms with Crippen LogP contribution >= 0.6 is 0 Å². The molecule has 0 fully saturated rings. The lowest BCUT2D eigenvalue weighted by atomic mass is 9.94. The summed E-state index contributed by atoms with van der Waals surface area (Å²) in [5.41, 5.74) is 1.80. The average Bonchev–Trinajstić information content (AvgIpc) is 2.86. The fraction of sp³-hybridized carbons (Fsp3) is 0.379. The standard InChI is InChI=1S/C29H36O6/c1-20(30)23-8-5-11-26(14-23)33-17-29(4,18-34-27-12-6-9-24(15-27)21(2)31)19-35-28-13-7-10-25(16-28)22(3)32/h5-16,20-22,30-32H,17-19H2,1-4H3. The topological polar surface area (TPSA) is 88.4 Å². The minimum atomic E-state index is -0.584. The highest BCUT2D eigenvalue weighted by Crippen LogP contribution is 2.27. The summed E-state index contributed by atoms with van der Waals surface area (Å²) < 4.78 is 18.3. The van der Waals surface area contributed by atoms with Crippen molar-refractivity contribution in [1.82, 2.24) is 0 Å². The number of ether oxygens (including phenoxy) is 3. The maximum absolute atomic E-state index is 9.89.